The first-order valence-corrected chi connectivity index (χ1v) is 14.1. The molecule has 44 heavy (non-hydrogen) atoms. The zero-order valence-corrected chi connectivity index (χ0v) is 24.6. The molecule has 1 N–H and O–H groups in total. The zero-order chi connectivity index (χ0) is 31.7. The fraction of sp³-hybridized carbons (Fsp3) is 0.387. The van der Waals surface area contributed by atoms with Gasteiger partial charge in [-0.25, -0.2) is 13.8 Å². The molecular formula is C31H33F4N5O4. The number of pyridine rings is 1. The molecule has 0 aliphatic carbocycles. The van der Waals surface area contributed by atoms with Gasteiger partial charge in [0.2, 0.25) is 0 Å². The first kappa shape index (κ1) is 31.0. The Morgan fingerprint density at radius 1 is 0.955 bits per heavy atom. The lowest BCUT2D eigenvalue weighted by atomic mass is 9.92. The molecule has 3 aromatic rings. The highest BCUT2D eigenvalue weighted by Gasteiger charge is 2.46. The van der Waals surface area contributed by atoms with Gasteiger partial charge in [0, 0.05) is 60.9 Å². The molecule has 234 valence electrons. The average molecular weight is 616 g/mol. The number of rotatable bonds is 8. The molecular weight excluding hydrogens is 582 g/mol. The standard InChI is InChI=1S/C31H33F4N5O4/c1-17-14-39(15-18(2)38(17)3)25-6-5-7-26(36-25)40-16-22(27-23(32)12-21(43-4)13-24(27)33)28(30(40)42)37-29(41)19-8-10-20(11-9-19)44-31(34)35/h5-13,17-18,22,28,31H,14-16H2,1-4H3,(H,37,41)/t17-,18+,22-,28+/m0/s1. The molecule has 2 fully saturated rings. The summed E-state index contributed by atoms with van der Waals surface area (Å²) >= 11 is 0. The largest absolute Gasteiger partial charge is 0.497 e. The number of benzene rings is 2. The van der Waals surface area contributed by atoms with Crippen LogP contribution in [0.5, 0.6) is 11.5 Å². The molecule has 1 aromatic heterocycles. The molecule has 4 atom stereocenters. The number of anilines is 2. The van der Waals surface area contributed by atoms with E-state index in [0.29, 0.717) is 5.82 Å². The Morgan fingerprint density at radius 3 is 2.16 bits per heavy atom. The Balaban J connectivity index is 1.46. The number of carbonyl (C=O) groups is 2. The molecule has 2 aromatic carbocycles. The number of methoxy groups -OCH3 is 1. The smallest absolute Gasteiger partial charge is 0.387 e. The number of amides is 2. The molecule has 0 radical (unpaired) electrons. The van der Waals surface area contributed by atoms with Crippen molar-refractivity contribution < 1.29 is 36.6 Å². The Bertz CT molecular complexity index is 1490. The molecule has 0 saturated carbocycles. The summed E-state index contributed by atoms with van der Waals surface area (Å²) in [6.45, 7) is 2.46. The number of likely N-dealkylation sites (N-methyl/N-ethyl adjacent to an activating group) is 1. The van der Waals surface area contributed by atoms with Crippen molar-refractivity contribution >= 4 is 23.5 Å². The molecule has 2 amide bonds. The first-order valence-electron chi connectivity index (χ1n) is 14.1. The van der Waals surface area contributed by atoms with Crippen LogP contribution in [0.4, 0.5) is 29.2 Å². The van der Waals surface area contributed by atoms with Crippen LogP contribution in [0.1, 0.15) is 35.7 Å². The number of nitrogens with one attached hydrogen (secondary N) is 1. The molecule has 0 unspecified atom stereocenters. The summed E-state index contributed by atoms with van der Waals surface area (Å²) < 4.78 is 65.1. The van der Waals surface area contributed by atoms with E-state index in [1.807, 2.05) is 6.07 Å². The summed E-state index contributed by atoms with van der Waals surface area (Å²) in [5.41, 5.74) is -0.351. The predicted molar refractivity (Wildman–Crippen MR) is 155 cm³/mol. The van der Waals surface area contributed by atoms with E-state index < -0.39 is 42.0 Å². The van der Waals surface area contributed by atoms with E-state index >= 15 is 8.78 Å². The van der Waals surface area contributed by atoms with E-state index in [2.05, 4.69) is 40.7 Å². The topological polar surface area (TPSA) is 87.2 Å². The summed E-state index contributed by atoms with van der Waals surface area (Å²) in [6.07, 6.45) is 0. The zero-order valence-electron chi connectivity index (χ0n) is 24.6. The van der Waals surface area contributed by atoms with Crippen molar-refractivity contribution in [3.63, 3.8) is 0 Å². The Hall–Kier alpha value is -4.39. The summed E-state index contributed by atoms with van der Waals surface area (Å²) in [7, 11) is 3.34. The molecule has 2 aliphatic heterocycles. The molecule has 2 aliphatic rings. The third-order valence-corrected chi connectivity index (χ3v) is 8.28. The highest BCUT2D eigenvalue weighted by atomic mass is 19.3. The third kappa shape index (κ3) is 6.28. The van der Waals surface area contributed by atoms with Crippen molar-refractivity contribution in [1.29, 1.82) is 0 Å². The van der Waals surface area contributed by atoms with E-state index in [4.69, 9.17) is 9.72 Å². The van der Waals surface area contributed by atoms with Gasteiger partial charge in [-0.2, -0.15) is 8.78 Å². The quantitative estimate of drug-likeness (QED) is 0.376. The third-order valence-electron chi connectivity index (χ3n) is 8.28. The molecule has 5 rings (SSSR count). The summed E-state index contributed by atoms with van der Waals surface area (Å²) in [6, 6.07) is 11.3. The fourth-order valence-corrected chi connectivity index (χ4v) is 5.73. The normalized spacial score (nSPS) is 22.4. The molecule has 9 nitrogen and oxygen atoms in total. The number of carbonyl (C=O) groups excluding carboxylic acids is 2. The van der Waals surface area contributed by atoms with Crippen molar-refractivity contribution in [2.75, 3.05) is 43.6 Å². The van der Waals surface area contributed by atoms with Gasteiger partial charge in [-0.1, -0.05) is 6.07 Å². The van der Waals surface area contributed by atoms with Crippen LogP contribution in [0.25, 0.3) is 0 Å². The highest BCUT2D eigenvalue weighted by Crippen LogP contribution is 2.37. The first-order chi connectivity index (χ1) is 21.0. The number of hydrogen-bond donors (Lipinski definition) is 1. The highest BCUT2D eigenvalue weighted by molar-refractivity contribution is 6.04. The van der Waals surface area contributed by atoms with Gasteiger partial charge in [0.1, 0.15) is 40.8 Å². The maximum absolute atomic E-state index is 15.3. The van der Waals surface area contributed by atoms with Gasteiger partial charge in [0.25, 0.3) is 11.8 Å². The van der Waals surface area contributed by atoms with Crippen LogP contribution in [0.3, 0.4) is 0 Å². The van der Waals surface area contributed by atoms with Gasteiger partial charge in [0.05, 0.1) is 7.11 Å². The lowest BCUT2D eigenvalue weighted by Crippen LogP contribution is -2.55. The van der Waals surface area contributed by atoms with Crippen molar-refractivity contribution in [1.82, 2.24) is 15.2 Å². The monoisotopic (exact) mass is 615 g/mol. The second kappa shape index (κ2) is 12.7. The van der Waals surface area contributed by atoms with E-state index in [0.717, 1.165) is 25.2 Å². The number of halogens is 4. The number of alkyl halides is 2. The Labute approximate surface area is 252 Å². The van der Waals surface area contributed by atoms with E-state index in [1.165, 1.54) is 36.3 Å². The van der Waals surface area contributed by atoms with Crippen LogP contribution in [0.2, 0.25) is 0 Å². The van der Waals surface area contributed by atoms with Crippen LogP contribution < -0.4 is 24.6 Å². The van der Waals surface area contributed by atoms with Crippen LogP contribution in [-0.4, -0.2) is 80.2 Å². The predicted octanol–water partition coefficient (Wildman–Crippen LogP) is 4.43. The lowest BCUT2D eigenvalue weighted by Gasteiger charge is -2.43. The van der Waals surface area contributed by atoms with E-state index in [9.17, 15) is 18.4 Å². The molecule has 0 bridgehead atoms. The van der Waals surface area contributed by atoms with Crippen molar-refractivity contribution in [3.8, 4) is 11.5 Å². The van der Waals surface area contributed by atoms with Gasteiger partial charge in [-0.3, -0.25) is 19.4 Å². The number of ether oxygens (including phenoxy) is 2. The number of nitrogens with zero attached hydrogens (tertiary/aromatic N) is 4. The maximum atomic E-state index is 15.3. The van der Waals surface area contributed by atoms with Gasteiger partial charge in [-0.05, 0) is 57.3 Å². The summed E-state index contributed by atoms with van der Waals surface area (Å²) in [5, 5.41) is 2.60. The van der Waals surface area contributed by atoms with Crippen molar-refractivity contribution in [2.24, 2.45) is 0 Å². The van der Waals surface area contributed by atoms with E-state index in [-0.39, 0.29) is 47.1 Å². The second-order valence-electron chi connectivity index (χ2n) is 11.0. The van der Waals surface area contributed by atoms with Crippen molar-refractivity contribution in [2.45, 2.75) is 44.5 Å². The van der Waals surface area contributed by atoms with Gasteiger partial charge in [0.15, 0.2) is 0 Å². The van der Waals surface area contributed by atoms with Crippen LogP contribution in [-0.2, 0) is 4.79 Å². The Morgan fingerprint density at radius 2 is 1.57 bits per heavy atom. The number of aromatic nitrogens is 1. The lowest BCUT2D eigenvalue weighted by molar-refractivity contribution is -0.118. The van der Waals surface area contributed by atoms with Crippen molar-refractivity contribution in [3.05, 3.63) is 77.4 Å². The number of piperazine rings is 1. The van der Waals surface area contributed by atoms with E-state index in [1.54, 1.807) is 12.1 Å². The van der Waals surface area contributed by atoms with Gasteiger partial charge < -0.3 is 19.7 Å². The second-order valence-corrected chi connectivity index (χ2v) is 11.0. The molecule has 0 spiro atoms. The maximum Gasteiger partial charge on any atom is 0.387 e. The molecule has 3 heterocycles. The Kier molecular flexibility index (Phi) is 8.95. The van der Waals surface area contributed by atoms with Crippen LogP contribution >= 0.6 is 0 Å². The minimum Gasteiger partial charge on any atom is -0.497 e. The van der Waals surface area contributed by atoms with Gasteiger partial charge >= 0.3 is 6.61 Å². The summed E-state index contributed by atoms with van der Waals surface area (Å²) in [4.78, 5) is 37.6. The van der Waals surface area contributed by atoms with Gasteiger partial charge in [-0.15, -0.1) is 0 Å². The number of hydrogen-bond acceptors (Lipinski definition) is 7. The molecule has 2 saturated heterocycles. The summed E-state index contributed by atoms with van der Waals surface area (Å²) in [5.74, 6) is -3.62. The fourth-order valence-electron chi connectivity index (χ4n) is 5.73. The minimum atomic E-state index is -3.04. The van der Waals surface area contributed by atoms with Crippen LogP contribution in [0, 0.1) is 11.6 Å². The SMILES string of the molecule is COc1cc(F)c([C@@H]2CN(c3cccc(N4C[C@@H](C)N(C)[C@@H](C)C4)n3)C(=O)[C@@H]2NC(=O)c2ccc(OC(F)F)cc2)c(F)c1. The van der Waals surface area contributed by atoms with Crippen LogP contribution in [0.15, 0.2) is 54.6 Å². The minimum absolute atomic E-state index is 0.0331. The average Bonchev–Trinajstić information content (AvgIpc) is 3.30. The molecule has 13 heteroatoms.